The zero-order valence-corrected chi connectivity index (χ0v) is 10.4. The summed E-state index contributed by atoms with van der Waals surface area (Å²) in [6.07, 6.45) is 3.06. The van der Waals surface area contributed by atoms with Crippen molar-refractivity contribution in [3.63, 3.8) is 0 Å². The molecule has 0 spiro atoms. The van der Waals surface area contributed by atoms with Gasteiger partial charge in [-0.05, 0) is 36.4 Å². The van der Waals surface area contributed by atoms with Gasteiger partial charge in [0.05, 0.1) is 6.26 Å². The van der Waals surface area contributed by atoms with Gasteiger partial charge in [0.15, 0.2) is 5.70 Å². The van der Waals surface area contributed by atoms with Gasteiger partial charge >= 0.3 is 5.97 Å². The molecule has 0 radical (unpaired) electrons. The lowest BCUT2D eigenvalue weighted by atomic mass is 10.2. The largest absolute Gasteiger partial charge is 0.465 e. The maximum Gasteiger partial charge on any atom is 0.363 e. The molecule has 0 unspecified atom stereocenters. The number of aliphatic imine (C=N–C) groups is 1. The Labute approximate surface area is 114 Å². The second-order valence-corrected chi connectivity index (χ2v) is 4.29. The van der Waals surface area contributed by atoms with Crippen LogP contribution in [0.4, 0.5) is 0 Å². The molecule has 2 aromatic rings. The van der Waals surface area contributed by atoms with E-state index in [0.717, 1.165) is 0 Å². The number of hydrogen-bond donors (Lipinski definition) is 0. The average Bonchev–Trinajstić information content (AvgIpc) is 3.02. The Balaban J connectivity index is 1.93. The molecule has 1 aromatic heterocycles. The zero-order valence-electron chi connectivity index (χ0n) is 9.67. The fourth-order valence-electron chi connectivity index (χ4n) is 1.63. The smallest absolute Gasteiger partial charge is 0.363 e. The van der Waals surface area contributed by atoms with Gasteiger partial charge in [0.2, 0.25) is 5.90 Å². The molecule has 1 aromatic carbocycles. The molecule has 1 aliphatic rings. The van der Waals surface area contributed by atoms with E-state index in [9.17, 15) is 4.79 Å². The molecule has 0 atom stereocenters. The molecule has 1 aliphatic heterocycles. The number of rotatable bonds is 2. The lowest BCUT2D eigenvalue weighted by Crippen LogP contribution is -2.04. The van der Waals surface area contributed by atoms with E-state index >= 15 is 0 Å². The summed E-state index contributed by atoms with van der Waals surface area (Å²) in [5.41, 5.74) is 0.903. The van der Waals surface area contributed by atoms with Crippen LogP contribution in [0.3, 0.4) is 0 Å². The number of benzene rings is 1. The zero-order chi connectivity index (χ0) is 13.2. The summed E-state index contributed by atoms with van der Waals surface area (Å²) in [4.78, 5) is 15.8. The summed E-state index contributed by atoms with van der Waals surface area (Å²) in [6, 6.07) is 10.4. The van der Waals surface area contributed by atoms with Gasteiger partial charge in [-0.2, -0.15) is 0 Å². The molecule has 0 fully saturated rings. The van der Waals surface area contributed by atoms with Gasteiger partial charge in [0.25, 0.3) is 0 Å². The van der Waals surface area contributed by atoms with Crippen LogP contribution >= 0.6 is 11.6 Å². The van der Waals surface area contributed by atoms with Crippen LogP contribution in [0.25, 0.3) is 6.08 Å². The Kier molecular flexibility index (Phi) is 2.93. The number of carbonyl (C=O) groups excluding carboxylic acids is 1. The van der Waals surface area contributed by atoms with Crippen LogP contribution in [-0.4, -0.2) is 11.9 Å². The lowest BCUT2D eigenvalue weighted by molar-refractivity contribution is -0.129. The quantitative estimate of drug-likeness (QED) is 0.623. The summed E-state index contributed by atoms with van der Waals surface area (Å²) in [5, 5.41) is 0.611. The van der Waals surface area contributed by atoms with Crippen molar-refractivity contribution < 1.29 is 13.9 Å². The minimum Gasteiger partial charge on any atom is -0.465 e. The van der Waals surface area contributed by atoms with Crippen LogP contribution in [0.1, 0.15) is 11.3 Å². The second-order valence-electron chi connectivity index (χ2n) is 3.86. The summed E-state index contributed by atoms with van der Waals surface area (Å²) in [6.45, 7) is 0. The fourth-order valence-corrected chi connectivity index (χ4v) is 1.76. The number of nitrogens with zero attached hydrogens (tertiary/aromatic N) is 1. The molecular weight excluding hydrogens is 266 g/mol. The molecule has 4 nitrogen and oxygen atoms in total. The van der Waals surface area contributed by atoms with Gasteiger partial charge in [-0.15, -0.1) is 0 Å². The summed E-state index contributed by atoms with van der Waals surface area (Å²) < 4.78 is 10.2. The molecule has 94 valence electrons. The highest BCUT2D eigenvalue weighted by atomic mass is 35.5. The third-order valence-corrected chi connectivity index (χ3v) is 2.79. The maximum absolute atomic E-state index is 11.7. The van der Waals surface area contributed by atoms with Crippen molar-refractivity contribution >= 4 is 29.5 Å². The minimum absolute atomic E-state index is 0.208. The predicted octanol–water partition coefficient (Wildman–Crippen LogP) is 3.28. The number of furan rings is 1. The van der Waals surface area contributed by atoms with Crippen molar-refractivity contribution in [1.82, 2.24) is 0 Å². The van der Waals surface area contributed by atoms with Crippen LogP contribution in [0.5, 0.6) is 0 Å². The Hall–Kier alpha value is -2.33. The highest BCUT2D eigenvalue weighted by Gasteiger charge is 2.24. The van der Waals surface area contributed by atoms with E-state index in [-0.39, 0.29) is 11.6 Å². The summed E-state index contributed by atoms with van der Waals surface area (Å²) in [7, 11) is 0. The summed E-state index contributed by atoms with van der Waals surface area (Å²) >= 11 is 5.80. The molecule has 3 rings (SSSR count). The first kappa shape index (κ1) is 11.7. The van der Waals surface area contributed by atoms with Gasteiger partial charge in [-0.1, -0.05) is 11.6 Å². The van der Waals surface area contributed by atoms with Gasteiger partial charge in [-0.3, -0.25) is 0 Å². The molecule has 0 N–H and O–H groups in total. The first-order valence-corrected chi connectivity index (χ1v) is 5.92. The number of hydrogen-bond acceptors (Lipinski definition) is 4. The second kappa shape index (κ2) is 4.74. The third kappa shape index (κ3) is 2.44. The topological polar surface area (TPSA) is 51.8 Å². The lowest BCUT2D eigenvalue weighted by Gasteiger charge is -1.98. The first-order chi connectivity index (χ1) is 9.22. The number of esters is 1. The van der Waals surface area contributed by atoms with E-state index < -0.39 is 5.97 Å². The van der Waals surface area contributed by atoms with Crippen molar-refractivity contribution in [2.45, 2.75) is 0 Å². The minimum atomic E-state index is -0.499. The van der Waals surface area contributed by atoms with E-state index in [1.165, 1.54) is 12.3 Å². The molecule has 0 amide bonds. The van der Waals surface area contributed by atoms with Gasteiger partial charge in [0.1, 0.15) is 5.76 Å². The molecule has 0 saturated carbocycles. The van der Waals surface area contributed by atoms with Crippen molar-refractivity contribution in [1.29, 1.82) is 0 Å². The van der Waals surface area contributed by atoms with Crippen LogP contribution in [0.15, 0.2) is 57.8 Å². The maximum atomic E-state index is 11.7. The molecule has 0 bridgehead atoms. The molecular formula is C14H8ClNO3. The monoisotopic (exact) mass is 273 g/mol. The average molecular weight is 274 g/mol. The molecule has 0 aliphatic carbocycles. The van der Waals surface area contributed by atoms with E-state index in [0.29, 0.717) is 16.3 Å². The van der Waals surface area contributed by atoms with Crippen molar-refractivity contribution in [3.05, 3.63) is 64.7 Å². The van der Waals surface area contributed by atoms with Crippen LogP contribution < -0.4 is 0 Å². The van der Waals surface area contributed by atoms with E-state index in [1.54, 1.807) is 36.4 Å². The van der Waals surface area contributed by atoms with Gasteiger partial charge in [0, 0.05) is 16.7 Å². The van der Waals surface area contributed by atoms with Gasteiger partial charge in [-0.25, -0.2) is 9.79 Å². The van der Waals surface area contributed by atoms with Crippen molar-refractivity contribution in [3.8, 4) is 0 Å². The highest BCUT2D eigenvalue weighted by Crippen LogP contribution is 2.20. The van der Waals surface area contributed by atoms with E-state index in [2.05, 4.69) is 4.99 Å². The Morgan fingerprint density at radius 3 is 2.63 bits per heavy atom. The number of cyclic esters (lactones) is 1. The van der Waals surface area contributed by atoms with Crippen LogP contribution in [0, 0.1) is 0 Å². The van der Waals surface area contributed by atoms with Crippen LogP contribution in [-0.2, 0) is 9.53 Å². The first-order valence-electron chi connectivity index (χ1n) is 5.54. The third-order valence-electron chi connectivity index (χ3n) is 2.53. The molecule has 2 heterocycles. The molecule has 5 heteroatoms. The Morgan fingerprint density at radius 2 is 1.95 bits per heavy atom. The Bertz CT molecular complexity index is 669. The van der Waals surface area contributed by atoms with Crippen molar-refractivity contribution in [2.24, 2.45) is 4.99 Å². The van der Waals surface area contributed by atoms with Crippen LogP contribution in [0.2, 0.25) is 5.02 Å². The number of halogens is 1. The van der Waals surface area contributed by atoms with E-state index in [1.807, 2.05) is 0 Å². The molecule has 19 heavy (non-hydrogen) atoms. The standard InChI is InChI=1S/C14H8ClNO3/c15-10-5-3-9(4-6-10)13-16-12(14(17)19-13)8-11-2-1-7-18-11/h1-8H. The van der Waals surface area contributed by atoms with Crippen molar-refractivity contribution in [2.75, 3.05) is 0 Å². The van der Waals surface area contributed by atoms with Gasteiger partial charge < -0.3 is 9.15 Å². The number of carbonyl (C=O) groups is 1. The normalized spacial score (nSPS) is 16.6. The predicted molar refractivity (Wildman–Crippen MR) is 70.8 cm³/mol. The Morgan fingerprint density at radius 1 is 1.16 bits per heavy atom. The van der Waals surface area contributed by atoms with E-state index in [4.69, 9.17) is 20.8 Å². The fraction of sp³-hybridized carbons (Fsp3) is 0. The number of ether oxygens (including phenoxy) is 1. The highest BCUT2D eigenvalue weighted by molar-refractivity contribution is 6.30. The summed E-state index contributed by atoms with van der Waals surface area (Å²) in [5.74, 6) is 0.314. The molecule has 0 saturated heterocycles. The SMILES string of the molecule is O=C1OC(c2ccc(Cl)cc2)=NC1=Cc1ccco1.